The number of aryl methyl sites for hydroxylation is 1. The molecular formula is C22H29N3O. The molecule has 0 atom stereocenters. The Kier molecular flexibility index (Phi) is 4.92. The zero-order chi connectivity index (χ0) is 18.9. The van der Waals surface area contributed by atoms with Crippen LogP contribution in [0.5, 0.6) is 0 Å². The van der Waals surface area contributed by atoms with Crippen molar-refractivity contribution in [3.05, 3.63) is 29.6 Å². The lowest BCUT2D eigenvalue weighted by Gasteiger charge is -2.41. The highest BCUT2D eigenvalue weighted by Crippen LogP contribution is 2.42. The average Bonchev–Trinajstić information content (AvgIpc) is 2.88. The zero-order valence-corrected chi connectivity index (χ0v) is 16.4. The minimum absolute atomic E-state index is 0.0529. The smallest absolute Gasteiger partial charge is 0.133 e. The molecule has 0 saturated heterocycles. The fourth-order valence-electron chi connectivity index (χ4n) is 4.00. The monoisotopic (exact) mass is 351 g/mol. The minimum atomic E-state index is 0.0529. The van der Waals surface area contributed by atoms with Crippen LogP contribution in [-0.4, -0.2) is 15.3 Å². The maximum absolute atomic E-state index is 12.2. The Labute approximate surface area is 156 Å². The third kappa shape index (κ3) is 3.82. The van der Waals surface area contributed by atoms with Gasteiger partial charge < -0.3 is 4.57 Å². The summed E-state index contributed by atoms with van der Waals surface area (Å²) in [6.45, 7) is 8.60. The van der Waals surface area contributed by atoms with Crippen LogP contribution in [0.25, 0.3) is 11.0 Å². The van der Waals surface area contributed by atoms with Gasteiger partial charge in [0.25, 0.3) is 0 Å². The van der Waals surface area contributed by atoms with Crippen molar-refractivity contribution in [2.24, 2.45) is 5.41 Å². The van der Waals surface area contributed by atoms with Crippen molar-refractivity contribution in [3.63, 3.8) is 0 Å². The number of rotatable bonds is 6. The molecule has 4 nitrogen and oxygen atoms in total. The summed E-state index contributed by atoms with van der Waals surface area (Å²) in [6.07, 6.45) is 6.41. The first-order chi connectivity index (χ1) is 12.2. The van der Waals surface area contributed by atoms with Crippen LogP contribution in [0.4, 0.5) is 0 Å². The van der Waals surface area contributed by atoms with Gasteiger partial charge in [0.15, 0.2) is 0 Å². The van der Waals surface area contributed by atoms with Crippen LogP contribution in [0.2, 0.25) is 0 Å². The quantitative estimate of drug-likeness (QED) is 0.724. The average molecular weight is 351 g/mol. The van der Waals surface area contributed by atoms with Gasteiger partial charge in [-0.25, -0.2) is 4.98 Å². The van der Waals surface area contributed by atoms with E-state index in [9.17, 15) is 10.1 Å². The normalized spacial score (nSPS) is 16.3. The Morgan fingerprint density at radius 2 is 2.08 bits per heavy atom. The first-order valence-electron chi connectivity index (χ1n) is 9.66. The summed E-state index contributed by atoms with van der Waals surface area (Å²) in [6, 6.07) is 7.97. The molecule has 2 aromatic rings. The number of benzene rings is 1. The number of aromatic nitrogens is 2. The van der Waals surface area contributed by atoms with Gasteiger partial charge in [0.1, 0.15) is 11.6 Å². The van der Waals surface area contributed by atoms with Crippen molar-refractivity contribution >= 4 is 16.8 Å². The van der Waals surface area contributed by atoms with E-state index in [0.717, 1.165) is 42.5 Å². The van der Waals surface area contributed by atoms with Crippen LogP contribution in [0, 0.1) is 16.7 Å². The molecule has 1 aliphatic rings. The molecule has 1 heterocycles. The second kappa shape index (κ2) is 6.87. The number of fused-ring (bicyclic) bond motifs is 1. The van der Waals surface area contributed by atoms with Crippen molar-refractivity contribution in [3.8, 4) is 6.07 Å². The molecule has 1 fully saturated rings. The third-order valence-electron chi connectivity index (χ3n) is 5.41. The van der Waals surface area contributed by atoms with E-state index in [4.69, 9.17) is 4.98 Å². The molecule has 1 aliphatic carbocycles. The molecule has 1 aromatic carbocycles. The van der Waals surface area contributed by atoms with Crippen molar-refractivity contribution in [1.82, 2.24) is 9.55 Å². The van der Waals surface area contributed by atoms with E-state index in [0.29, 0.717) is 24.2 Å². The van der Waals surface area contributed by atoms with Crippen molar-refractivity contribution < 1.29 is 4.79 Å². The number of carbonyl (C=O) groups excluding carboxylic acids is 1. The van der Waals surface area contributed by atoms with Gasteiger partial charge in [0.2, 0.25) is 0 Å². The Hall–Kier alpha value is -2.15. The van der Waals surface area contributed by atoms with E-state index in [-0.39, 0.29) is 11.0 Å². The number of carbonyl (C=O) groups is 1. The number of nitrogens with zero attached hydrogens (tertiary/aromatic N) is 3. The maximum Gasteiger partial charge on any atom is 0.133 e. The van der Waals surface area contributed by atoms with Gasteiger partial charge in [-0.15, -0.1) is 0 Å². The van der Waals surface area contributed by atoms with Crippen LogP contribution in [0.1, 0.15) is 77.6 Å². The van der Waals surface area contributed by atoms with Crippen LogP contribution >= 0.6 is 0 Å². The Morgan fingerprint density at radius 1 is 1.35 bits per heavy atom. The standard InChI is InChI=1S/C22H29N3O/c1-21(2,3)14-17(26)7-5-8-20-24-18-10-9-16(15-23)13-19(18)25(20)22(4)11-6-12-22/h9-10,13H,5-8,11-12,14H2,1-4H3. The summed E-state index contributed by atoms with van der Waals surface area (Å²) in [5, 5.41) is 9.25. The molecule has 0 amide bonds. The molecule has 0 N–H and O–H groups in total. The summed E-state index contributed by atoms with van der Waals surface area (Å²) in [5.74, 6) is 1.39. The van der Waals surface area contributed by atoms with Crippen LogP contribution in [-0.2, 0) is 16.8 Å². The van der Waals surface area contributed by atoms with Crippen LogP contribution in [0.3, 0.4) is 0 Å². The summed E-state index contributed by atoms with van der Waals surface area (Å²) in [7, 11) is 0. The van der Waals surface area contributed by atoms with Crippen LogP contribution < -0.4 is 0 Å². The predicted octanol–water partition coefficient (Wildman–Crippen LogP) is 5.14. The topological polar surface area (TPSA) is 58.7 Å². The Balaban J connectivity index is 1.83. The molecule has 4 heteroatoms. The molecule has 0 radical (unpaired) electrons. The number of nitriles is 1. The number of imidazole rings is 1. The van der Waals surface area contributed by atoms with Gasteiger partial charge in [-0.3, -0.25) is 4.79 Å². The van der Waals surface area contributed by atoms with Gasteiger partial charge in [-0.1, -0.05) is 20.8 Å². The molecular weight excluding hydrogens is 322 g/mol. The fraction of sp³-hybridized carbons (Fsp3) is 0.591. The lowest BCUT2D eigenvalue weighted by Crippen LogP contribution is -2.38. The van der Waals surface area contributed by atoms with Crippen molar-refractivity contribution in [1.29, 1.82) is 5.26 Å². The van der Waals surface area contributed by atoms with E-state index in [1.54, 1.807) is 0 Å². The second-order valence-electron chi connectivity index (χ2n) is 9.16. The Bertz CT molecular complexity index is 860. The molecule has 0 unspecified atom stereocenters. The molecule has 26 heavy (non-hydrogen) atoms. The van der Waals surface area contributed by atoms with Gasteiger partial charge in [-0.05, 0) is 56.2 Å². The number of hydrogen-bond acceptors (Lipinski definition) is 3. The minimum Gasteiger partial charge on any atom is -0.322 e. The van der Waals surface area contributed by atoms with E-state index in [2.05, 4.69) is 38.3 Å². The van der Waals surface area contributed by atoms with E-state index < -0.39 is 0 Å². The SMILES string of the molecule is CC(C)(C)CC(=O)CCCc1nc2ccc(C#N)cc2n1C1(C)CCC1. The first-order valence-corrected chi connectivity index (χ1v) is 9.66. The summed E-state index contributed by atoms with van der Waals surface area (Å²) >= 11 is 0. The molecule has 0 aliphatic heterocycles. The second-order valence-corrected chi connectivity index (χ2v) is 9.16. The van der Waals surface area contributed by atoms with Gasteiger partial charge in [0.05, 0.1) is 22.7 Å². The Morgan fingerprint density at radius 3 is 2.65 bits per heavy atom. The third-order valence-corrected chi connectivity index (χ3v) is 5.41. The summed E-state index contributed by atoms with van der Waals surface area (Å²) in [5.41, 5.74) is 2.83. The molecule has 1 saturated carbocycles. The number of Topliss-reactive ketones (excluding diaryl/α,β-unsaturated/α-hetero) is 1. The molecule has 0 spiro atoms. The largest absolute Gasteiger partial charge is 0.322 e. The van der Waals surface area contributed by atoms with Crippen molar-refractivity contribution in [2.45, 2.75) is 78.2 Å². The highest BCUT2D eigenvalue weighted by atomic mass is 16.1. The van der Waals surface area contributed by atoms with E-state index >= 15 is 0 Å². The zero-order valence-electron chi connectivity index (χ0n) is 16.4. The molecule has 138 valence electrons. The van der Waals surface area contributed by atoms with Crippen LogP contribution in [0.15, 0.2) is 18.2 Å². The molecule has 1 aromatic heterocycles. The predicted molar refractivity (Wildman–Crippen MR) is 104 cm³/mol. The maximum atomic E-state index is 12.2. The lowest BCUT2D eigenvalue weighted by molar-refractivity contribution is -0.120. The van der Waals surface area contributed by atoms with Gasteiger partial charge in [0, 0.05) is 24.8 Å². The summed E-state index contributed by atoms with van der Waals surface area (Å²) < 4.78 is 2.35. The lowest BCUT2D eigenvalue weighted by atomic mass is 9.78. The summed E-state index contributed by atoms with van der Waals surface area (Å²) in [4.78, 5) is 17.0. The van der Waals surface area contributed by atoms with Gasteiger partial charge >= 0.3 is 0 Å². The number of ketones is 1. The van der Waals surface area contributed by atoms with Gasteiger partial charge in [-0.2, -0.15) is 5.26 Å². The van der Waals surface area contributed by atoms with E-state index in [1.807, 2.05) is 18.2 Å². The fourth-order valence-corrected chi connectivity index (χ4v) is 4.00. The van der Waals surface area contributed by atoms with E-state index in [1.165, 1.54) is 6.42 Å². The highest BCUT2D eigenvalue weighted by molar-refractivity contribution is 5.79. The number of hydrogen-bond donors (Lipinski definition) is 0. The molecule has 0 bridgehead atoms. The van der Waals surface area contributed by atoms with Crippen molar-refractivity contribution in [2.75, 3.05) is 0 Å². The highest BCUT2D eigenvalue weighted by Gasteiger charge is 2.36. The molecule has 3 rings (SSSR count). The first kappa shape index (κ1) is 18.6.